The Morgan fingerprint density at radius 2 is 2.14 bits per heavy atom. The lowest BCUT2D eigenvalue weighted by Crippen LogP contribution is -2.20. The first kappa shape index (κ1) is 11.1. The van der Waals surface area contributed by atoms with Gasteiger partial charge < -0.3 is 10.8 Å². The van der Waals surface area contributed by atoms with Crippen molar-refractivity contribution in [3.8, 4) is 5.75 Å². The van der Waals surface area contributed by atoms with Crippen LogP contribution >= 0.6 is 0 Å². The molecule has 0 heterocycles. The molecule has 14 heavy (non-hydrogen) atoms. The number of phenolic OH excluding ortho intramolecular Hbond substituents is 1. The zero-order chi connectivity index (χ0) is 10.4. The van der Waals surface area contributed by atoms with E-state index in [0.717, 1.165) is 31.2 Å². The van der Waals surface area contributed by atoms with Crippen LogP contribution in [-0.4, -0.2) is 11.1 Å². The molecular formula is C12H19NO. The molecule has 0 aliphatic rings. The molecule has 0 amide bonds. The SMILES string of the molecule is CCCC(N)CCc1cccc(O)c1. The van der Waals surface area contributed by atoms with Crippen LogP contribution in [0.15, 0.2) is 24.3 Å². The summed E-state index contributed by atoms with van der Waals surface area (Å²) in [4.78, 5) is 0. The van der Waals surface area contributed by atoms with E-state index in [-0.39, 0.29) is 0 Å². The van der Waals surface area contributed by atoms with E-state index in [2.05, 4.69) is 6.92 Å². The van der Waals surface area contributed by atoms with Crippen LogP contribution in [-0.2, 0) is 6.42 Å². The summed E-state index contributed by atoms with van der Waals surface area (Å²) in [5.41, 5.74) is 7.07. The highest BCUT2D eigenvalue weighted by atomic mass is 16.3. The second-order valence-electron chi connectivity index (χ2n) is 3.76. The van der Waals surface area contributed by atoms with Gasteiger partial charge in [-0.25, -0.2) is 0 Å². The lowest BCUT2D eigenvalue weighted by molar-refractivity contribution is 0.474. The molecule has 78 valence electrons. The van der Waals surface area contributed by atoms with Crippen molar-refractivity contribution >= 4 is 0 Å². The third-order valence-corrected chi connectivity index (χ3v) is 2.37. The number of aromatic hydroxyl groups is 1. The van der Waals surface area contributed by atoms with Gasteiger partial charge in [-0.3, -0.25) is 0 Å². The molecule has 1 aromatic carbocycles. The number of rotatable bonds is 5. The Morgan fingerprint density at radius 3 is 2.79 bits per heavy atom. The van der Waals surface area contributed by atoms with Crippen LogP contribution in [0.1, 0.15) is 31.7 Å². The smallest absolute Gasteiger partial charge is 0.115 e. The van der Waals surface area contributed by atoms with Gasteiger partial charge in [-0.2, -0.15) is 0 Å². The monoisotopic (exact) mass is 193 g/mol. The Hall–Kier alpha value is -1.02. The first-order chi connectivity index (χ1) is 6.72. The van der Waals surface area contributed by atoms with E-state index in [1.54, 1.807) is 12.1 Å². The summed E-state index contributed by atoms with van der Waals surface area (Å²) in [6.07, 6.45) is 4.17. The summed E-state index contributed by atoms with van der Waals surface area (Å²) < 4.78 is 0. The highest BCUT2D eigenvalue weighted by Crippen LogP contribution is 2.13. The Morgan fingerprint density at radius 1 is 1.36 bits per heavy atom. The summed E-state index contributed by atoms with van der Waals surface area (Å²) >= 11 is 0. The maximum atomic E-state index is 9.25. The first-order valence-corrected chi connectivity index (χ1v) is 5.26. The normalized spacial score (nSPS) is 12.7. The Bertz CT molecular complexity index is 273. The number of benzene rings is 1. The molecule has 0 radical (unpaired) electrons. The van der Waals surface area contributed by atoms with Gasteiger partial charge in [0.05, 0.1) is 0 Å². The van der Waals surface area contributed by atoms with Crippen LogP contribution in [0.4, 0.5) is 0 Å². The van der Waals surface area contributed by atoms with Crippen molar-refractivity contribution in [2.75, 3.05) is 0 Å². The van der Waals surface area contributed by atoms with Gasteiger partial charge >= 0.3 is 0 Å². The van der Waals surface area contributed by atoms with Gasteiger partial charge in [-0.05, 0) is 37.0 Å². The fourth-order valence-corrected chi connectivity index (χ4v) is 1.58. The van der Waals surface area contributed by atoms with Crippen LogP contribution < -0.4 is 5.73 Å². The molecule has 1 atom stereocenters. The van der Waals surface area contributed by atoms with Crippen molar-refractivity contribution in [2.24, 2.45) is 5.73 Å². The molecule has 1 rings (SSSR count). The quantitative estimate of drug-likeness (QED) is 0.754. The highest BCUT2D eigenvalue weighted by Gasteiger charge is 2.01. The summed E-state index contributed by atoms with van der Waals surface area (Å²) in [6, 6.07) is 7.69. The van der Waals surface area contributed by atoms with Crippen molar-refractivity contribution in [1.29, 1.82) is 0 Å². The highest BCUT2D eigenvalue weighted by molar-refractivity contribution is 5.27. The predicted molar refractivity (Wildman–Crippen MR) is 59.3 cm³/mol. The molecule has 1 unspecified atom stereocenters. The predicted octanol–water partition coefficient (Wildman–Crippen LogP) is 2.45. The minimum absolute atomic E-state index is 0.294. The zero-order valence-corrected chi connectivity index (χ0v) is 8.74. The van der Waals surface area contributed by atoms with E-state index in [1.165, 1.54) is 0 Å². The Labute approximate surface area is 85.8 Å². The average molecular weight is 193 g/mol. The lowest BCUT2D eigenvalue weighted by Gasteiger charge is -2.09. The number of nitrogens with two attached hydrogens (primary N) is 1. The van der Waals surface area contributed by atoms with Crippen LogP contribution in [0.3, 0.4) is 0 Å². The summed E-state index contributed by atoms with van der Waals surface area (Å²) in [7, 11) is 0. The topological polar surface area (TPSA) is 46.2 Å². The van der Waals surface area contributed by atoms with Crippen molar-refractivity contribution in [2.45, 2.75) is 38.6 Å². The molecule has 0 bridgehead atoms. The fraction of sp³-hybridized carbons (Fsp3) is 0.500. The molecule has 0 fully saturated rings. The van der Waals surface area contributed by atoms with Crippen molar-refractivity contribution in [1.82, 2.24) is 0 Å². The van der Waals surface area contributed by atoms with Gasteiger partial charge in [0.1, 0.15) is 5.75 Å². The standard InChI is InChI=1S/C12H19NO/c1-2-4-11(13)8-7-10-5-3-6-12(14)9-10/h3,5-6,9,11,14H,2,4,7-8,13H2,1H3. The maximum Gasteiger partial charge on any atom is 0.115 e. The third kappa shape index (κ3) is 3.79. The molecule has 1 aromatic rings. The van der Waals surface area contributed by atoms with Gasteiger partial charge in [0, 0.05) is 6.04 Å². The van der Waals surface area contributed by atoms with E-state index in [4.69, 9.17) is 5.73 Å². The van der Waals surface area contributed by atoms with Crippen molar-refractivity contribution in [3.63, 3.8) is 0 Å². The molecule has 2 nitrogen and oxygen atoms in total. The molecule has 3 N–H and O–H groups in total. The lowest BCUT2D eigenvalue weighted by atomic mass is 10.0. The van der Waals surface area contributed by atoms with Gasteiger partial charge in [0.2, 0.25) is 0 Å². The van der Waals surface area contributed by atoms with Gasteiger partial charge in [-0.1, -0.05) is 25.5 Å². The summed E-state index contributed by atoms with van der Waals surface area (Å²) in [6.45, 7) is 2.15. The Balaban J connectivity index is 2.37. The molecule has 0 aliphatic heterocycles. The number of hydrogen-bond donors (Lipinski definition) is 2. The molecule has 0 saturated carbocycles. The summed E-state index contributed by atoms with van der Waals surface area (Å²) in [5.74, 6) is 0.339. The fourth-order valence-electron chi connectivity index (χ4n) is 1.58. The maximum absolute atomic E-state index is 9.25. The molecular weight excluding hydrogens is 174 g/mol. The number of hydrogen-bond acceptors (Lipinski definition) is 2. The average Bonchev–Trinajstić information content (AvgIpc) is 2.15. The molecule has 0 saturated heterocycles. The van der Waals surface area contributed by atoms with E-state index in [0.29, 0.717) is 11.8 Å². The second-order valence-corrected chi connectivity index (χ2v) is 3.76. The second kappa shape index (κ2) is 5.66. The van der Waals surface area contributed by atoms with E-state index in [9.17, 15) is 5.11 Å². The van der Waals surface area contributed by atoms with E-state index in [1.807, 2.05) is 12.1 Å². The van der Waals surface area contributed by atoms with Crippen LogP contribution in [0.2, 0.25) is 0 Å². The van der Waals surface area contributed by atoms with Crippen molar-refractivity contribution < 1.29 is 5.11 Å². The minimum Gasteiger partial charge on any atom is -0.508 e. The van der Waals surface area contributed by atoms with Crippen LogP contribution in [0.5, 0.6) is 5.75 Å². The van der Waals surface area contributed by atoms with E-state index >= 15 is 0 Å². The Kier molecular flexibility index (Phi) is 4.47. The largest absolute Gasteiger partial charge is 0.508 e. The molecule has 0 aliphatic carbocycles. The third-order valence-electron chi connectivity index (χ3n) is 2.37. The van der Waals surface area contributed by atoms with E-state index < -0.39 is 0 Å². The van der Waals surface area contributed by atoms with Gasteiger partial charge in [0.15, 0.2) is 0 Å². The zero-order valence-electron chi connectivity index (χ0n) is 8.74. The number of aryl methyl sites for hydroxylation is 1. The minimum atomic E-state index is 0.294. The molecule has 0 aromatic heterocycles. The first-order valence-electron chi connectivity index (χ1n) is 5.26. The number of phenols is 1. The molecule has 0 spiro atoms. The summed E-state index contributed by atoms with van der Waals surface area (Å²) in [5, 5.41) is 9.25. The van der Waals surface area contributed by atoms with Crippen molar-refractivity contribution in [3.05, 3.63) is 29.8 Å². The van der Waals surface area contributed by atoms with Gasteiger partial charge in [-0.15, -0.1) is 0 Å². The van der Waals surface area contributed by atoms with Crippen LogP contribution in [0, 0.1) is 0 Å². The van der Waals surface area contributed by atoms with Crippen LogP contribution in [0.25, 0.3) is 0 Å². The molecule has 2 heteroatoms. The van der Waals surface area contributed by atoms with Gasteiger partial charge in [0.25, 0.3) is 0 Å².